The summed E-state index contributed by atoms with van der Waals surface area (Å²) < 4.78 is 0. The Kier molecular flexibility index (Phi) is 3.27. The van der Waals surface area contributed by atoms with Crippen LogP contribution in [0, 0.1) is 6.92 Å². The molecule has 1 heterocycles. The average Bonchev–Trinajstić information content (AvgIpc) is 3.11. The van der Waals surface area contributed by atoms with E-state index in [0.717, 1.165) is 18.3 Å². The third kappa shape index (κ3) is 2.52. The summed E-state index contributed by atoms with van der Waals surface area (Å²) in [5.41, 5.74) is 9.40. The van der Waals surface area contributed by atoms with E-state index in [2.05, 4.69) is 23.2 Å². The number of hydrogen-bond acceptors (Lipinski definition) is 3. The van der Waals surface area contributed by atoms with Crippen LogP contribution >= 0.6 is 0 Å². The topological polar surface area (TPSA) is 41.3 Å². The van der Waals surface area contributed by atoms with Crippen LogP contribution in [0.25, 0.3) is 0 Å². The van der Waals surface area contributed by atoms with E-state index in [1.807, 2.05) is 12.1 Å². The lowest BCUT2D eigenvalue weighted by atomic mass is 10.1. The van der Waals surface area contributed by atoms with Crippen LogP contribution in [0.2, 0.25) is 0 Å². The van der Waals surface area contributed by atoms with Crippen LogP contribution in [-0.2, 0) is 6.54 Å². The summed E-state index contributed by atoms with van der Waals surface area (Å²) in [6.45, 7) is 5.56. The molecule has 98 valence electrons. The molecule has 2 fully saturated rings. The van der Waals surface area contributed by atoms with Crippen molar-refractivity contribution in [1.29, 1.82) is 0 Å². The van der Waals surface area contributed by atoms with E-state index in [4.69, 9.17) is 5.73 Å². The molecule has 1 saturated carbocycles. The first-order valence-corrected chi connectivity index (χ1v) is 7.05. The molecule has 1 aliphatic heterocycles. The van der Waals surface area contributed by atoms with Crippen LogP contribution in [0.15, 0.2) is 18.2 Å². The fraction of sp³-hybridized carbons (Fsp3) is 0.600. The summed E-state index contributed by atoms with van der Waals surface area (Å²) in [5, 5.41) is 3.68. The lowest BCUT2D eigenvalue weighted by Gasteiger charge is -2.16. The summed E-state index contributed by atoms with van der Waals surface area (Å²) in [6, 6.07) is 7.76. The Bertz CT molecular complexity index is 426. The van der Waals surface area contributed by atoms with Crippen LogP contribution < -0.4 is 11.1 Å². The van der Waals surface area contributed by atoms with Gasteiger partial charge in [0.15, 0.2) is 0 Å². The van der Waals surface area contributed by atoms with E-state index in [1.54, 1.807) is 0 Å². The number of nitrogens with zero attached hydrogens (tertiary/aromatic N) is 1. The summed E-state index contributed by atoms with van der Waals surface area (Å²) in [6.07, 6.45) is 4.12. The molecule has 3 heteroatoms. The van der Waals surface area contributed by atoms with Crippen molar-refractivity contribution >= 4 is 5.69 Å². The molecular weight excluding hydrogens is 222 g/mol. The van der Waals surface area contributed by atoms with Crippen molar-refractivity contribution in [2.45, 2.75) is 44.8 Å². The zero-order chi connectivity index (χ0) is 12.5. The summed E-state index contributed by atoms with van der Waals surface area (Å²) in [7, 11) is 0. The summed E-state index contributed by atoms with van der Waals surface area (Å²) >= 11 is 0. The highest BCUT2D eigenvalue weighted by Gasteiger charge is 2.33. The molecule has 18 heavy (non-hydrogen) atoms. The highest BCUT2D eigenvalue weighted by molar-refractivity contribution is 5.49. The van der Waals surface area contributed by atoms with Crippen LogP contribution in [0.3, 0.4) is 0 Å². The van der Waals surface area contributed by atoms with Crippen LogP contribution in [0.5, 0.6) is 0 Å². The second-order valence-electron chi connectivity index (χ2n) is 5.72. The van der Waals surface area contributed by atoms with Gasteiger partial charge in [0.1, 0.15) is 0 Å². The third-order valence-electron chi connectivity index (χ3n) is 4.35. The number of hydrogen-bond donors (Lipinski definition) is 2. The first-order chi connectivity index (χ1) is 8.74. The van der Waals surface area contributed by atoms with Crippen molar-refractivity contribution in [3.8, 4) is 0 Å². The predicted molar refractivity (Wildman–Crippen MR) is 75.4 cm³/mol. The van der Waals surface area contributed by atoms with Gasteiger partial charge in [0.05, 0.1) is 0 Å². The Hall–Kier alpha value is -1.06. The normalized spacial score (nSPS) is 24.6. The Morgan fingerprint density at radius 2 is 2.17 bits per heavy atom. The van der Waals surface area contributed by atoms with Crippen molar-refractivity contribution in [1.82, 2.24) is 10.2 Å². The zero-order valence-electron chi connectivity index (χ0n) is 11.2. The molecule has 0 aromatic heterocycles. The Morgan fingerprint density at radius 3 is 2.94 bits per heavy atom. The molecule has 2 aliphatic rings. The van der Waals surface area contributed by atoms with E-state index < -0.39 is 0 Å². The van der Waals surface area contributed by atoms with E-state index >= 15 is 0 Å². The lowest BCUT2D eigenvalue weighted by Crippen LogP contribution is -2.33. The maximum Gasteiger partial charge on any atom is 0.0346 e. The van der Waals surface area contributed by atoms with Crippen LogP contribution in [0.1, 0.15) is 30.4 Å². The SMILES string of the molecule is Cc1c(N)cccc1CNC1CCN(C2CC2)C1. The smallest absolute Gasteiger partial charge is 0.0346 e. The van der Waals surface area contributed by atoms with Gasteiger partial charge in [-0.25, -0.2) is 0 Å². The number of nitrogen functional groups attached to an aromatic ring is 1. The van der Waals surface area contributed by atoms with Gasteiger partial charge in [-0.3, -0.25) is 4.90 Å². The van der Waals surface area contributed by atoms with Gasteiger partial charge in [0, 0.05) is 37.4 Å². The van der Waals surface area contributed by atoms with E-state index in [-0.39, 0.29) is 0 Å². The molecule has 0 spiro atoms. The fourth-order valence-electron chi connectivity index (χ4n) is 2.87. The van der Waals surface area contributed by atoms with Crippen molar-refractivity contribution in [3.05, 3.63) is 29.3 Å². The van der Waals surface area contributed by atoms with Crippen molar-refractivity contribution in [2.24, 2.45) is 0 Å². The average molecular weight is 245 g/mol. The maximum absolute atomic E-state index is 5.94. The maximum atomic E-state index is 5.94. The fourth-order valence-corrected chi connectivity index (χ4v) is 2.87. The van der Waals surface area contributed by atoms with Crippen molar-refractivity contribution in [2.75, 3.05) is 18.8 Å². The molecule has 3 N–H and O–H groups in total. The second kappa shape index (κ2) is 4.90. The zero-order valence-corrected chi connectivity index (χ0v) is 11.2. The minimum Gasteiger partial charge on any atom is -0.399 e. The first kappa shape index (κ1) is 12.0. The standard InChI is InChI=1S/C15H23N3/c1-11-12(3-2-4-15(11)16)9-17-13-7-8-18(10-13)14-5-6-14/h2-4,13-14,17H,5-10,16H2,1H3. The van der Waals surface area contributed by atoms with Gasteiger partial charge in [-0.05, 0) is 43.4 Å². The first-order valence-electron chi connectivity index (χ1n) is 7.05. The van der Waals surface area contributed by atoms with Gasteiger partial charge in [0.2, 0.25) is 0 Å². The second-order valence-corrected chi connectivity index (χ2v) is 5.72. The lowest BCUT2D eigenvalue weighted by molar-refractivity contribution is 0.317. The van der Waals surface area contributed by atoms with E-state index in [9.17, 15) is 0 Å². The molecule has 0 bridgehead atoms. The molecule has 1 unspecified atom stereocenters. The van der Waals surface area contributed by atoms with Crippen LogP contribution in [0.4, 0.5) is 5.69 Å². The highest BCUT2D eigenvalue weighted by atomic mass is 15.2. The molecule has 1 saturated heterocycles. The third-order valence-corrected chi connectivity index (χ3v) is 4.35. The molecule has 1 aromatic rings. The molecule has 1 aromatic carbocycles. The number of nitrogens with one attached hydrogen (secondary N) is 1. The van der Waals surface area contributed by atoms with E-state index in [0.29, 0.717) is 6.04 Å². The molecule has 0 radical (unpaired) electrons. The largest absolute Gasteiger partial charge is 0.399 e. The number of anilines is 1. The molecule has 3 rings (SSSR count). The Labute approximate surface area is 109 Å². The van der Waals surface area contributed by atoms with Crippen LogP contribution in [-0.4, -0.2) is 30.1 Å². The molecule has 0 amide bonds. The number of nitrogens with two attached hydrogens (primary N) is 1. The van der Waals surface area contributed by atoms with Gasteiger partial charge >= 0.3 is 0 Å². The van der Waals surface area contributed by atoms with Gasteiger partial charge in [-0.1, -0.05) is 12.1 Å². The minimum atomic E-state index is 0.659. The van der Waals surface area contributed by atoms with Gasteiger partial charge in [0.25, 0.3) is 0 Å². The van der Waals surface area contributed by atoms with Gasteiger partial charge in [-0.2, -0.15) is 0 Å². The van der Waals surface area contributed by atoms with Gasteiger partial charge < -0.3 is 11.1 Å². The minimum absolute atomic E-state index is 0.659. The van der Waals surface area contributed by atoms with Crippen molar-refractivity contribution in [3.63, 3.8) is 0 Å². The highest BCUT2D eigenvalue weighted by Crippen LogP contribution is 2.29. The Morgan fingerprint density at radius 1 is 1.33 bits per heavy atom. The van der Waals surface area contributed by atoms with E-state index in [1.165, 1.54) is 43.5 Å². The summed E-state index contributed by atoms with van der Waals surface area (Å²) in [4.78, 5) is 2.64. The van der Waals surface area contributed by atoms with Crippen molar-refractivity contribution < 1.29 is 0 Å². The summed E-state index contributed by atoms with van der Waals surface area (Å²) in [5.74, 6) is 0. The monoisotopic (exact) mass is 245 g/mol. The molecule has 1 aliphatic carbocycles. The molecule has 1 atom stereocenters. The van der Waals surface area contributed by atoms with Gasteiger partial charge in [-0.15, -0.1) is 0 Å². The number of benzene rings is 1. The quantitative estimate of drug-likeness (QED) is 0.796. The number of likely N-dealkylation sites (tertiary alicyclic amines) is 1. The molecule has 3 nitrogen and oxygen atoms in total. The predicted octanol–water partition coefficient (Wildman–Crippen LogP) is 1.90. The number of rotatable bonds is 4. The molecular formula is C15H23N3. The Balaban J connectivity index is 1.53.